The van der Waals surface area contributed by atoms with Crippen molar-refractivity contribution in [2.75, 3.05) is 6.61 Å². The summed E-state index contributed by atoms with van der Waals surface area (Å²) in [6.45, 7) is 0.596. The maximum atomic E-state index is 11.4. The second-order valence-corrected chi connectivity index (χ2v) is 2.93. The average Bonchev–Trinajstić information content (AvgIpc) is 2.77. The first-order chi connectivity index (χ1) is 5.88. The molecule has 1 aliphatic heterocycles. The van der Waals surface area contributed by atoms with Crippen molar-refractivity contribution in [2.24, 2.45) is 0 Å². The van der Waals surface area contributed by atoms with Gasteiger partial charge in [-0.1, -0.05) is 4.49 Å². The molecule has 2 heterocycles. The smallest absolute Gasteiger partial charge is 0.248 e. The molecular formula is C7H6N2O2S. The zero-order valence-electron chi connectivity index (χ0n) is 6.19. The third-order valence-electron chi connectivity index (χ3n) is 1.52. The molecule has 0 unspecified atom stereocenters. The van der Waals surface area contributed by atoms with Gasteiger partial charge in [0, 0.05) is 11.8 Å². The van der Waals surface area contributed by atoms with E-state index in [1.807, 2.05) is 0 Å². The third-order valence-corrected chi connectivity index (χ3v) is 2.03. The topological polar surface area (TPSA) is 52.1 Å². The Labute approximate surface area is 73.0 Å². The van der Waals surface area contributed by atoms with E-state index in [0.717, 1.165) is 18.0 Å². The molecular weight excluding hydrogens is 176 g/mol. The Kier molecular flexibility index (Phi) is 1.87. The zero-order valence-corrected chi connectivity index (χ0v) is 7.00. The number of nitrogens with zero attached hydrogens (tertiary/aromatic N) is 2. The van der Waals surface area contributed by atoms with E-state index in [-0.39, 0.29) is 5.78 Å². The van der Waals surface area contributed by atoms with Crippen LogP contribution in [0.1, 0.15) is 16.9 Å². The molecule has 62 valence electrons. The number of hydrogen-bond acceptors (Lipinski definition) is 5. The highest BCUT2D eigenvalue weighted by Gasteiger charge is 2.18. The fourth-order valence-corrected chi connectivity index (χ4v) is 1.40. The van der Waals surface area contributed by atoms with E-state index in [1.165, 1.54) is 0 Å². The lowest BCUT2D eigenvalue weighted by molar-refractivity contribution is 0.0937. The first-order valence-electron chi connectivity index (χ1n) is 3.52. The van der Waals surface area contributed by atoms with Gasteiger partial charge < -0.3 is 4.74 Å². The van der Waals surface area contributed by atoms with Crippen molar-refractivity contribution in [3.63, 3.8) is 0 Å². The summed E-state index contributed by atoms with van der Waals surface area (Å²) in [5.74, 6) is 0.240. The molecule has 1 aliphatic rings. The van der Waals surface area contributed by atoms with Gasteiger partial charge in [0.2, 0.25) is 5.78 Å². The van der Waals surface area contributed by atoms with E-state index in [0.29, 0.717) is 18.1 Å². The standard InChI is InChI=1S/C7H6N2O2S/c10-7(5-4-12-9-8-5)6-2-1-3-11-6/h2,4H,1,3H2. The van der Waals surface area contributed by atoms with E-state index in [4.69, 9.17) is 4.74 Å². The van der Waals surface area contributed by atoms with Gasteiger partial charge in [-0.3, -0.25) is 4.79 Å². The molecule has 1 aromatic rings. The Bertz CT molecular complexity index is 318. The third kappa shape index (κ3) is 1.23. The lowest BCUT2D eigenvalue weighted by atomic mass is 10.2. The van der Waals surface area contributed by atoms with Gasteiger partial charge in [0.1, 0.15) is 5.69 Å². The number of carbonyl (C=O) groups excluding carboxylic acids is 1. The van der Waals surface area contributed by atoms with Crippen LogP contribution in [-0.2, 0) is 4.74 Å². The van der Waals surface area contributed by atoms with Crippen molar-refractivity contribution in [3.05, 3.63) is 22.9 Å². The summed E-state index contributed by atoms with van der Waals surface area (Å²) in [4.78, 5) is 11.4. The molecule has 0 N–H and O–H groups in total. The molecule has 0 amide bonds. The summed E-state index contributed by atoms with van der Waals surface area (Å²) >= 11 is 1.16. The van der Waals surface area contributed by atoms with E-state index < -0.39 is 0 Å². The molecule has 1 aromatic heterocycles. The van der Waals surface area contributed by atoms with Crippen LogP contribution in [-0.4, -0.2) is 22.0 Å². The van der Waals surface area contributed by atoms with Crippen molar-refractivity contribution in [1.82, 2.24) is 9.59 Å². The SMILES string of the molecule is O=C(C1=CCCO1)c1csnn1. The van der Waals surface area contributed by atoms with Gasteiger partial charge in [0.15, 0.2) is 5.76 Å². The second-order valence-electron chi connectivity index (χ2n) is 2.32. The molecule has 0 saturated heterocycles. The van der Waals surface area contributed by atoms with E-state index >= 15 is 0 Å². The fraction of sp³-hybridized carbons (Fsp3) is 0.286. The Morgan fingerprint density at radius 1 is 1.67 bits per heavy atom. The van der Waals surface area contributed by atoms with E-state index in [9.17, 15) is 4.79 Å². The summed E-state index contributed by atoms with van der Waals surface area (Å²) in [5.41, 5.74) is 0.369. The van der Waals surface area contributed by atoms with Gasteiger partial charge in [-0.05, 0) is 17.6 Å². The predicted molar refractivity (Wildman–Crippen MR) is 42.9 cm³/mol. The monoisotopic (exact) mass is 182 g/mol. The van der Waals surface area contributed by atoms with Crippen LogP contribution in [0.3, 0.4) is 0 Å². The number of aromatic nitrogens is 2. The first-order valence-corrected chi connectivity index (χ1v) is 4.36. The van der Waals surface area contributed by atoms with Gasteiger partial charge in [0.25, 0.3) is 0 Å². The van der Waals surface area contributed by atoms with E-state index in [2.05, 4.69) is 9.59 Å². The summed E-state index contributed by atoms with van der Waals surface area (Å²) in [7, 11) is 0. The number of Topliss-reactive ketones (excluding diaryl/α,β-unsaturated/α-hetero) is 1. The number of rotatable bonds is 2. The number of allylic oxidation sites excluding steroid dienone is 1. The van der Waals surface area contributed by atoms with Crippen molar-refractivity contribution in [3.8, 4) is 0 Å². The highest BCUT2D eigenvalue weighted by atomic mass is 32.1. The van der Waals surface area contributed by atoms with Gasteiger partial charge >= 0.3 is 0 Å². The molecule has 0 spiro atoms. The van der Waals surface area contributed by atoms with Gasteiger partial charge in [-0.2, -0.15) is 0 Å². The van der Waals surface area contributed by atoms with Crippen LogP contribution in [0.15, 0.2) is 17.2 Å². The summed E-state index contributed by atoms with van der Waals surface area (Å²) < 4.78 is 8.69. The van der Waals surface area contributed by atoms with Gasteiger partial charge in [0.05, 0.1) is 6.61 Å². The molecule has 0 bridgehead atoms. The fourth-order valence-electron chi connectivity index (χ4n) is 0.966. The van der Waals surface area contributed by atoms with Crippen LogP contribution in [0.25, 0.3) is 0 Å². The van der Waals surface area contributed by atoms with Gasteiger partial charge in [-0.25, -0.2) is 0 Å². The molecule has 0 aromatic carbocycles. The lowest BCUT2D eigenvalue weighted by Gasteiger charge is -1.97. The molecule has 12 heavy (non-hydrogen) atoms. The zero-order chi connectivity index (χ0) is 8.39. The molecule has 0 fully saturated rings. The molecule has 4 nitrogen and oxygen atoms in total. The van der Waals surface area contributed by atoms with Crippen molar-refractivity contribution in [1.29, 1.82) is 0 Å². The van der Waals surface area contributed by atoms with Crippen LogP contribution >= 0.6 is 11.5 Å². The highest BCUT2D eigenvalue weighted by molar-refractivity contribution is 7.03. The summed E-state index contributed by atoms with van der Waals surface area (Å²) in [6.07, 6.45) is 2.58. The highest BCUT2D eigenvalue weighted by Crippen LogP contribution is 2.14. The Morgan fingerprint density at radius 3 is 3.17 bits per heavy atom. The largest absolute Gasteiger partial charge is 0.489 e. The minimum atomic E-state index is -0.166. The molecule has 0 saturated carbocycles. The Hall–Kier alpha value is -1.23. The van der Waals surface area contributed by atoms with Crippen molar-refractivity contribution < 1.29 is 9.53 Å². The number of ether oxygens (including phenoxy) is 1. The minimum absolute atomic E-state index is 0.166. The average molecular weight is 182 g/mol. The van der Waals surface area contributed by atoms with Crippen LogP contribution < -0.4 is 0 Å². The molecule has 0 radical (unpaired) electrons. The Balaban J connectivity index is 2.20. The normalized spacial score (nSPS) is 15.5. The maximum Gasteiger partial charge on any atom is 0.248 e. The maximum absolute atomic E-state index is 11.4. The van der Waals surface area contributed by atoms with Crippen molar-refractivity contribution >= 4 is 17.3 Å². The number of hydrogen-bond donors (Lipinski definition) is 0. The minimum Gasteiger partial charge on any atom is -0.489 e. The molecule has 0 atom stereocenters. The van der Waals surface area contributed by atoms with Crippen LogP contribution in [0.5, 0.6) is 0 Å². The quantitative estimate of drug-likeness (QED) is 0.641. The molecule has 5 heteroatoms. The lowest BCUT2D eigenvalue weighted by Crippen LogP contribution is -2.04. The summed E-state index contributed by atoms with van der Waals surface area (Å²) in [6, 6.07) is 0. The van der Waals surface area contributed by atoms with Gasteiger partial charge in [-0.15, -0.1) is 5.10 Å². The molecule has 2 rings (SSSR count). The van der Waals surface area contributed by atoms with Crippen LogP contribution in [0.4, 0.5) is 0 Å². The van der Waals surface area contributed by atoms with Crippen LogP contribution in [0.2, 0.25) is 0 Å². The van der Waals surface area contributed by atoms with Crippen molar-refractivity contribution in [2.45, 2.75) is 6.42 Å². The Morgan fingerprint density at radius 2 is 2.58 bits per heavy atom. The summed E-state index contributed by atoms with van der Waals surface area (Å²) in [5, 5.41) is 5.27. The first kappa shape index (κ1) is 7.42. The van der Waals surface area contributed by atoms with E-state index in [1.54, 1.807) is 11.5 Å². The second kappa shape index (κ2) is 3.02. The number of carbonyl (C=O) groups is 1. The molecule has 0 aliphatic carbocycles. The van der Waals surface area contributed by atoms with Crippen LogP contribution in [0, 0.1) is 0 Å². The number of ketones is 1. The predicted octanol–water partition coefficient (Wildman–Crippen LogP) is 1.02.